The fraction of sp³-hybridized carbons (Fsp3) is 1.00. The van der Waals surface area contributed by atoms with Crippen molar-refractivity contribution in [1.29, 1.82) is 0 Å². The van der Waals surface area contributed by atoms with Crippen molar-refractivity contribution in [2.45, 2.75) is 37.8 Å². The van der Waals surface area contributed by atoms with Crippen molar-refractivity contribution in [2.24, 2.45) is 0 Å². The summed E-state index contributed by atoms with van der Waals surface area (Å²) in [6.45, 7) is 2.19. The molecule has 0 aliphatic heterocycles. The Morgan fingerprint density at radius 2 is 2.20 bits per heavy atom. The predicted molar refractivity (Wildman–Crippen MR) is 42.1 cm³/mol. The van der Waals surface area contributed by atoms with Crippen LogP contribution in [-0.2, 0) is 4.74 Å². The first-order valence-corrected chi connectivity index (χ1v) is 4.01. The molecule has 0 aromatic carbocycles. The zero-order chi connectivity index (χ0) is 7.61. The molecule has 1 rings (SSSR count). The minimum Gasteiger partial charge on any atom is -0.377 e. The van der Waals surface area contributed by atoms with Gasteiger partial charge in [-0.3, -0.25) is 0 Å². The van der Waals surface area contributed by atoms with Gasteiger partial charge in [0.05, 0.1) is 5.60 Å². The molecule has 0 aromatic rings. The summed E-state index contributed by atoms with van der Waals surface area (Å²) < 4.78 is 5.43. The summed E-state index contributed by atoms with van der Waals surface area (Å²) in [5, 5.41) is 3.28. The number of ether oxygens (including phenoxy) is 1. The Balaban J connectivity index is 2.43. The van der Waals surface area contributed by atoms with Gasteiger partial charge in [-0.1, -0.05) is 6.92 Å². The lowest BCUT2D eigenvalue weighted by atomic mass is 10.1. The van der Waals surface area contributed by atoms with Crippen LogP contribution in [0.3, 0.4) is 0 Å². The second-order valence-corrected chi connectivity index (χ2v) is 3.02. The van der Waals surface area contributed by atoms with Crippen molar-refractivity contribution < 1.29 is 4.74 Å². The van der Waals surface area contributed by atoms with Gasteiger partial charge in [0.2, 0.25) is 0 Å². The number of hydrogen-bond acceptors (Lipinski definition) is 2. The summed E-state index contributed by atoms with van der Waals surface area (Å²) in [6, 6.07) is 0.553. The lowest BCUT2D eigenvalue weighted by molar-refractivity contribution is 0.0467. The van der Waals surface area contributed by atoms with Gasteiger partial charge >= 0.3 is 0 Å². The second kappa shape index (κ2) is 2.89. The molecule has 0 amide bonds. The minimum atomic E-state index is 0.198. The van der Waals surface area contributed by atoms with Gasteiger partial charge in [-0.05, 0) is 26.3 Å². The average Bonchev–Trinajstić information content (AvgIpc) is 2.72. The highest BCUT2D eigenvalue weighted by Crippen LogP contribution is 2.42. The molecule has 1 fully saturated rings. The number of nitrogens with one attached hydrogen (secondary N) is 1. The Hall–Kier alpha value is -0.0800. The van der Waals surface area contributed by atoms with Crippen molar-refractivity contribution in [1.82, 2.24) is 5.32 Å². The van der Waals surface area contributed by atoms with E-state index in [-0.39, 0.29) is 5.60 Å². The van der Waals surface area contributed by atoms with Gasteiger partial charge < -0.3 is 10.1 Å². The Kier molecular flexibility index (Phi) is 2.32. The maximum atomic E-state index is 5.43. The van der Waals surface area contributed by atoms with E-state index in [4.69, 9.17) is 4.74 Å². The van der Waals surface area contributed by atoms with Crippen LogP contribution in [0.15, 0.2) is 0 Å². The smallest absolute Gasteiger partial charge is 0.0832 e. The molecular formula is C8H17NO. The fourth-order valence-electron chi connectivity index (χ4n) is 1.66. The standard InChI is InChI=1S/C8H17NO/c1-4-7(9-2)8(10-3)5-6-8/h7,9H,4-6H2,1-3H3. The SMILES string of the molecule is CCC(NC)C1(OC)CC1. The molecule has 1 atom stereocenters. The third-order valence-corrected chi connectivity index (χ3v) is 2.54. The number of likely N-dealkylation sites (N-methyl/N-ethyl adjacent to an activating group) is 1. The van der Waals surface area contributed by atoms with Gasteiger partial charge in [0, 0.05) is 13.2 Å². The van der Waals surface area contributed by atoms with Crippen LogP contribution in [0.4, 0.5) is 0 Å². The summed E-state index contributed by atoms with van der Waals surface area (Å²) >= 11 is 0. The molecule has 1 aliphatic carbocycles. The van der Waals surface area contributed by atoms with Crippen LogP contribution in [0.1, 0.15) is 26.2 Å². The van der Waals surface area contributed by atoms with E-state index < -0.39 is 0 Å². The van der Waals surface area contributed by atoms with E-state index in [0.29, 0.717) is 6.04 Å². The van der Waals surface area contributed by atoms with E-state index in [2.05, 4.69) is 12.2 Å². The molecule has 10 heavy (non-hydrogen) atoms. The maximum absolute atomic E-state index is 5.43. The first-order valence-electron chi connectivity index (χ1n) is 4.01. The third kappa shape index (κ3) is 1.18. The Labute approximate surface area is 63.0 Å². The number of rotatable bonds is 4. The van der Waals surface area contributed by atoms with E-state index in [1.165, 1.54) is 12.8 Å². The summed E-state index contributed by atoms with van der Waals surface area (Å²) in [6.07, 6.45) is 3.61. The van der Waals surface area contributed by atoms with E-state index in [0.717, 1.165) is 6.42 Å². The van der Waals surface area contributed by atoms with E-state index >= 15 is 0 Å². The molecule has 0 heterocycles. The third-order valence-electron chi connectivity index (χ3n) is 2.54. The summed E-state index contributed by atoms with van der Waals surface area (Å²) in [4.78, 5) is 0. The number of hydrogen-bond donors (Lipinski definition) is 1. The topological polar surface area (TPSA) is 21.3 Å². The van der Waals surface area contributed by atoms with Crippen molar-refractivity contribution in [2.75, 3.05) is 14.2 Å². The normalized spacial score (nSPS) is 24.3. The Morgan fingerprint density at radius 1 is 1.60 bits per heavy atom. The molecule has 0 spiro atoms. The number of methoxy groups -OCH3 is 1. The molecule has 1 aliphatic rings. The van der Waals surface area contributed by atoms with Crippen LogP contribution in [-0.4, -0.2) is 25.8 Å². The Bertz CT molecular complexity index is 106. The fourth-order valence-corrected chi connectivity index (χ4v) is 1.66. The average molecular weight is 143 g/mol. The lowest BCUT2D eigenvalue weighted by Crippen LogP contribution is -2.40. The Morgan fingerprint density at radius 3 is 2.30 bits per heavy atom. The molecule has 0 radical (unpaired) electrons. The van der Waals surface area contributed by atoms with Crippen molar-refractivity contribution in [3.8, 4) is 0 Å². The predicted octanol–water partition coefficient (Wildman–Crippen LogP) is 1.16. The van der Waals surface area contributed by atoms with Gasteiger partial charge in [-0.2, -0.15) is 0 Å². The van der Waals surface area contributed by atoms with Gasteiger partial charge in [0.25, 0.3) is 0 Å². The summed E-state index contributed by atoms with van der Waals surface area (Å²) in [7, 11) is 3.82. The second-order valence-electron chi connectivity index (χ2n) is 3.02. The minimum absolute atomic E-state index is 0.198. The van der Waals surface area contributed by atoms with Crippen LogP contribution in [0.25, 0.3) is 0 Å². The molecular weight excluding hydrogens is 126 g/mol. The monoisotopic (exact) mass is 143 g/mol. The largest absolute Gasteiger partial charge is 0.377 e. The first kappa shape index (κ1) is 8.02. The highest BCUT2D eigenvalue weighted by atomic mass is 16.5. The van der Waals surface area contributed by atoms with Gasteiger partial charge in [-0.25, -0.2) is 0 Å². The molecule has 2 nitrogen and oxygen atoms in total. The lowest BCUT2D eigenvalue weighted by Gasteiger charge is -2.23. The van der Waals surface area contributed by atoms with E-state index in [9.17, 15) is 0 Å². The maximum Gasteiger partial charge on any atom is 0.0832 e. The molecule has 0 saturated heterocycles. The quantitative estimate of drug-likeness (QED) is 0.637. The molecule has 0 aromatic heterocycles. The summed E-state index contributed by atoms with van der Waals surface area (Å²) in [5.41, 5.74) is 0.198. The first-order chi connectivity index (χ1) is 4.79. The van der Waals surface area contributed by atoms with Crippen molar-refractivity contribution in [3.63, 3.8) is 0 Å². The highest BCUT2D eigenvalue weighted by Gasteiger charge is 2.48. The van der Waals surface area contributed by atoms with Crippen LogP contribution in [0, 0.1) is 0 Å². The summed E-state index contributed by atoms with van der Waals surface area (Å²) in [5.74, 6) is 0. The van der Waals surface area contributed by atoms with Gasteiger partial charge in [-0.15, -0.1) is 0 Å². The molecule has 2 heteroatoms. The highest BCUT2D eigenvalue weighted by molar-refractivity contribution is 5.03. The zero-order valence-electron chi connectivity index (χ0n) is 7.11. The van der Waals surface area contributed by atoms with Crippen LogP contribution in [0.5, 0.6) is 0 Å². The zero-order valence-corrected chi connectivity index (χ0v) is 7.11. The molecule has 1 saturated carbocycles. The molecule has 60 valence electrons. The van der Waals surface area contributed by atoms with Crippen LogP contribution in [0.2, 0.25) is 0 Å². The molecule has 1 N–H and O–H groups in total. The molecule has 0 bridgehead atoms. The van der Waals surface area contributed by atoms with E-state index in [1.807, 2.05) is 14.2 Å². The molecule has 1 unspecified atom stereocenters. The van der Waals surface area contributed by atoms with Gasteiger partial charge in [0.1, 0.15) is 0 Å². The van der Waals surface area contributed by atoms with Crippen molar-refractivity contribution in [3.05, 3.63) is 0 Å². The van der Waals surface area contributed by atoms with Crippen LogP contribution >= 0.6 is 0 Å². The van der Waals surface area contributed by atoms with Crippen molar-refractivity contribution >= 4 is 0 Å². The van der Waals surface area contributed by atoms with E-state index in [1.54, 1.807) is 0 Å². The van der Waals surface area contributed by atoms with Crippen LogP contribution < -0.4 is 5.32 Å². The van der Waals surface area contributed by atoms with Gasteiger partial charge in [0.15, 0.2) is 0 Å².